The van der Waals surface area contributed by atoms with Crippen LogP contribution in [0.3, 0.4) is 0 Å². The Morgan fingerprint density at radius 1 is 1.15 bits per heavy atom. The van der Waals surface area contributed by atoms with Gasteiger partial charge in [-0.3, -0.25) is 9.59 Å². The number of aromatic nitrogens is 1. The molecule has 1 aromatic heterocycles. The maximum Gasteiger partial charge on any atom is 0.246 e. The maximum atomic E-state index is 13.7. The number of benzene rings is 2. The van der Waals surface area contributed by atoms with Gasteiger partial charge >= 0.3 is 0 Å². The largest absolute Gasteiger partial charge is 0.360 e. The zero-order valence-corrected chi connectivity index (χ0v) is 19.7. The molecule has 176 valence electrons. The van der Waals surface area contributed by atoms with Gasteiger partial charge in [-0.2, -0.15) is 0 Å². The Labute approximate surface area is 199 Å². The van der Waals surface area contributed by atoms with Gasteiger partial charge in [-0.05, 0) is 47.2 Å². The average Bonchev–Trinajstić information content (AvgIpc) is 3.25. The third-order valence-corrected chi connectivity index (χ3v) is 6.95. The summed E-state index contributed by atoms with van der Waals surface area (Å²) in [5.74, 6) is 0.0384. The number of nitrogens with zero attached hydrogens (tertiary/aromatic N) is 2. The van der Waals surface area contributed by atoms with Crippen molar-refractivity contribution in [2.45, 2.75) is 45.7 Å². The van der Waals surface area contributed by atoms with Crippen LogP contribution in [0, 0.1) is 11.7 Å². The molecule has 2 amide bonds. The molecule has 1 atom stereocenters. The van der Waals surface area contributed by atoms with Crippen molar-refractivity contribution in [3.8, 4) is 0 Å². The zero-order valence-electron chi connectivity index (χ0n) is 19.7. The van der Waals surface area contributed by atoms with E-state index in [0.717, 1.165) is 39.6 Å². The number of carbonyl (C=O) groups excluding carboxylic acids is 2. The lowest BCUT2D eigenvalue weighted by Gasteiger charge is -2.39. The number of carbonyl (C=O) groups is 2. The SMILES string of the molecule is CC(C)CC(=O)N1Cc2ccccc2CC1C(=O)N1CC=C(c2c[nH]c3cc(F)ccc23)CC1. The fourth-order valence-electron chi connectivity index (χ4n) is 5.16. The molecule has 1 N–H and O–H groups in total. The standard InChI is InChI=1S/C28H30FN3O2/c1-18(2)13-27(33)32-17-21-6-4-3-5-20(21)14-26(32)28(34)31-11-9-19(10-12-31)24-16-30-25-15-22(29)7-8-23(24)25/h3-9,15-16,18,26,30H,10-14,17H2,1-2H3. The van der Waals surface area contributed by atoms with E-state index in [-0.39, 0.29) is 23.5 Å². The number of hydrogen-bond acceptors (Lipinski definition) is 2. The van der Waals surface area contributed by atoms with E-state index in [0.29, 0.717) is 32.5 Å². The second-order valence-electron chi connectivity index (χ2n) is 9.76. The Morgan fingerprint density at radius 2 is 1.94 bits per heavy atom. The Kier molecular flexibility index (Phi) is 5.98. The van der Waals surface area contributed by atoms with Crippen LogP contribution in [0.15, 0.2) is 54.7 Å². The van der Waals surface area contributed by atoms with E-state index < -0.39 is 6.04 Å². The van der Waals surface area contributed by atoms with E-state index in [1.54, 1.807) is 11.0 Å². The molecule has 3 aromatic rings. The van der Waals surface area contributed by atoms with E-state index >= 15 is 0 Å². The molecule has 6 heteroatoms. The number of H-pyrrole nitrogens is 1. The van der Waals surface area contributed by atoms with Gasteiger partial charge in [0.05, 0.1) is 0 Å². The molecule has 3 heterocycles. The summed E-state index contributed by atoms with van der Waals surface area (Å²) in [4.78, 5) is 33.6. The highest BCUT2D eigenvalue weighted by Gasteiger charge is 2.37. The van der Waals surface area contributed by atoms with Gasteiger partial charge in [0.15, 0.2) is 0 Å². The molecule has 0 aliphatic carbocycles. The van der Waals surface area contributed by atoms with Crippen molar-refractivity contribution in [3.05, 3.63) is 77.2 Å². The van der Waals surface area contributed by atoms with Gasteiger partial charge in [0.2, 0.25) is 11.8 Å². The second kappa shape index (κ2) is 9.09. The van der Waals surface area contributed by atoms with Gasteiger partial charge in [-0.15, -0.1) is 0 Å². The van der Waals surface area contributed by atoms with E-state index in [1.807, 2.05) is 37.1 Å². The number of hydrogen-bond donors (Lipinski definition) is 1. The molecule has 1 unspecified atom stereocenters. The highest BCUT2D eigenvalue weighted by Crippen LogP contribution is 2.31. The average molecular weight is 460 g/mol. The predicted molar refractivity (Wildman–Crippen MR) is 131 cm³/mol. The molecule has 5 nitrogen and oxygen atoms in total. The fraction of sp³-hybridized carbons (Fsp3) is 0.357. The minimum Gasteiger partial charge on any atom is -0.360 e. The molecule has 0 radical (unpaired) electrons. The second-order valence-corrected chi connectivity index (χ2v) is 9.76. The molecular formula is C28H30FN3O2. The zero-order chi connectivity index (χ0) is 23.8. The van der Waals surface area contributed by atoms with Crippen LogP contribution in [-0.2, 0) is 22.6 Å². The molecule has 0 saturated heterocycles. The minimum absolute atomic E-state index is 0.0166. The van der Waals surface area contributed by atoms with Crippen LogP contribution in [0.4, 0.5) is 4.39 Å². The van der Waals surface area contributed by atoms with Crippen LogP contribution in [0.1, 0.15) is 43.4 Å². The third-order valence-electron chi connectivity index (χ3n) is 6.95. The summed E-state index contributed by atoms with van der Waals surface area (Å²) in [6, 6.07) is 12.4. The molecule has 34 heavy (non-hydrogen) atoms. The van der Waals surface area contributed by atoms with Gasteiger partial charge < -0.3 is 14.8 Å². The fourth-order valence-corrected chi connectivity index (χ4v) is 5.16. The molecule has 2 aliphatic heterocycles. The van der Waals surface area contributed by atoms with Gasteiger partial charge in [-0.25, -0.2) is 4.39 Å². The Morgan fingerprint density at radius 3 is 2.68 bits per heavy atom. The molecule has 0 fully saturated rings. The highest BCUT2D eigenvalue weighted by molar-refractivity contribution is 5.94. The number of amides is 2. The summed E-state index contributed by atoms with van der Waals surface area (Å²) < 4.78 is 13.5. The quantitative estimate of drug-likeness (QED) is 0.602. The van der Waals surface area contributed by atoms with Crippen LogP contribution in [0.25, 0.3) is 16.5 Å². The number of halogens is 1. The first kappa shape index (κ1) is 22.4. The molecule has 0 bridgehead atoms. The molecule has 0 saturated carbocycles. The Bertz CT molecular complexity index is 1280. The molecular weight excluding hydrogens is 429 g/mol. The van der Waals surface area contributed by atoms with Gasteiger partial charge in [0.25, 0.3) is 0 Å². The highest BCUT2D eigenvalue weighted by atomic mass is 19.1. The van der Waals surface area contributed by atoms with Crippen LogP contribution in [-0.4, -0.2) is 45.7 Å². The summed E-state index contributed by atoms with van der Waals surface area (Å²) in [5, 5.41) is 0.988. The van der Waals surface area contributed by atoms with Gasteiger partial charge in [-0.1, -0.05) is 44.2 Å². The number of aromatic amines is 1. The maximum absolute atomic E-state index is 13.7. The van der Waals surface area contributed by atoms with Crippen molar-refractivity contribution in [1.82, 2.24) is 14.8 Å². The first-order valence-electron chi connectivity index (χ1n) is 12.0. The Balaban J connectivity index is 1.36. The summed E-state index contributed by atoms with van der Waals surface area (Å²) in [6.07, 6.45) is 5.72. The third kappa shape index (κ3) is 4.25. The molecule has 2 aromatic carbocycles. The van der Waals surface area contributed by atoms with E-state index in [4.69, 9.17) is 0 Å². The first-order chi connectivity index (χ1) is 16.4. The summed E-state index contributed by atoms with van der Waals surface area (Å²) in [6.45, 7) is 5.65. The Hall–Kier alpha value is -3.41. The minimum atomic E-state index is -0.466. The molecule has 2 aliphatic rings. The van der Waals surface area contributed by atoms with Crippen molar-refractivity contribution in [2.75, 3.05) is 13.1 Å². The topological polar surface area (TPSA) is 56.4 Å². The van der Waals surface area contributed by atoms with Crippen molar-refractivity contribution < 1.29 is 14.0 Å². The van der Waals surface area contributed by atoms with Crippen LogP contribution >= 0.6 is 0 Å². The first-order valence-corrected chi connectivity index (χ1v) is 12.0. The number of rotatable bonds is 4. The normalized spacial score (nSPS) is 18.2. The lowest BCUT2D eigenvalue weighted by molar-refractivity contribution is -0.147. The summed E-state index contributed by atoms with van der Waals surface area (Å²) in [7, 11) is 0. The van der Waals surface area contributed by atoms with Crippen LogP contribution in [0.5, 0.6) is 0 Å². The number of nitrogens with one attached hydrogen (secondary N) is 1. The van der Waals surface area contributed by atoms with Crippen LogP contribution in [0.2, 0.25) is 0 Å². The van der Waals surface area contributed by atoms with E-state index in [9.17, 15) is 14.0 Å². The lowest BCUT2D eigenvalue weighted by Crippen LogP contribution is -2.54. The predicted octanol–water partition coefficient (Wildman–Crippen LogP) is 4.92. The smallest absolute Gasteiger partial charge is 0.246 e. The van der Waals surface area contributed by atoms with Crippen molar-refractivity contribution in [3.63, 3.8) is 0 Å². The van der Waals surface area contributed by atoms with Crippen LogP contribution < -0.4 is 0 Å². The van der Waals surface area contributed by atoms with E-state index in [2.05, 4.69) is 23.2 Å². The molecule has 5 rings (SSSR count). The van der Waals surface area contributed by atoms with Gasteiger partial charge in [0, 0.05) is 55.1 Å². The lowest BCUT2D eigenvalue weighted by atomic mass is 9.91. The van der Waals surface area contributed by atoms with Gasteiger partial charge in [0.1, 0.15) is 11.9 Å². The summed E-state index contributed by atoms with van der Waals surface area (Å²) in [5.41, 5.74) is 5.26. The van der Waals surface area contributed by atoms with Crippen molar-refractivity contribution in [2.24, 2.45) is 5.92 Å². The summed E-state index contributed by atoms with van der Waals surface area (Å²) >= 11 is 0. The molecule has 0 spiro atoms. The van der Waals surface area contributed by atoms with Crippen molar-refractivity contribution in [1.29, 1.82) is 0 Å². The number of fused-ring (bicyclic) bond motifs is 2. The monoisotopic (exact) mass is 459 g/mol. The van der Waals surface area contributed by atoms with E-state index in [1.165, 1.54) is 12.1 Å². The van der Waals surface area contributed by atoms with Crippen molar-refractivity contribution >= 4 is 28.3 Å².